The van der Waals surface area contributed by atoms with Crippen molar-refractivity contribution in [2.75, 3.05) is 18.9 Å². The maximum absolute atomic E-state index is 11.4. The predicted octanol–water partition coefficient (Wildman–Crippen LogP) is 1.13. The predicted molar refractivity (Wildman–Crippen MR) is 72.7 cm³/mol. The molecule has 7 nitrogen and oxygen atoms in total. The van der Waals surface area contributed by atoms with Gasteiger partial charge in [-0.25, -0.2) is 0 Å². The number of rotatable bonds is 9. The summed E-state index contributed by atoms with van der Waals surface area (Å²) >= 11 is 0. The Bertz CT molecular complexity index is 431. The number of nitrogen functional groups attached to an aromatic ring is 1. The molecule has 1 rings (SSSR count). The molecule has 0 fully saturated rings. The van der Waals surface area contributed by atoms with Crippen molar-refractivity contribution < 1.29 is 19.1 Å². The Morgan fingerprint density at radius 1 is 1.25 bits per heavy atom. The summed E-state index contributed by atoms with van der Waals surface area (Å²) in [6.07, 6.45) is 5.75. The Labute approximate surface area is 118 Å². The van der Waals surface area contributed by atoms with Crippen LogP contribution in [0, 0.1) is 0 Å². The van der Waals surface area contributed by atoms with Gasteiger partial charge in [-0.2, -0.15) is 5.10 Å². The average molecular weight is 283 g/mol. The Kier molecular flexibility index (Phi) is 7.16. The molecule has 0 amide bonds. The van der Waals surface area contributed by atoms with Gasteiger partial charge in [-0.3, -0.25) is 14.3 Å². The fraction of sp³-hybridized carbons (Fsp3) is 0.615. The van der Waals surface area contributed by atoms with Crippen molar-refractivity contribution in [3.8, 4) is 0 Å². The van der Waals surface area contributed by atoms with Crippen LogP contribution < -0.4 is 5.73 Å². The molecule has 0 aromatic carbocycles. The molecule has 0 aliphatic heterocycles. The van der Waals surface area contributed by atoms with Crippen LogP contribution in [0.5, 0.6) is 0 Å². The van der Waals surface area contributed by atoms with E-state index in [4.69, 9.17) is 15.2 Å². The molecule has 0 aliphatic carbocycles. The maximum Gasteiger partial charge on any atom is 0.327 e. The molecule has 0 bridgehead atoms. The number of carbonyl (C=O) groups excluding carboxylic acids is 2. The molecule has 0 aliphatic rings. The second-order valence-electron chi connectivity index (χ2n) is 4.31. The van der Waals surface area contributed by atoms with Crippen LogP contribution in [-0.4, -0.2) is 34.9 Å². The third-order valence-electron chi connectivity index (χ3n) is 2.54. The highest BCUT2D eigenvalue weighted by atomic mass is 16.5. The fourth-order valence-corrected chi connectivity index (χ4v) is 1.61. The minimum Gasteiger partial charge on any atom is -0.466 e. The molecule has 1 aromatic rings. The van der Waals surface area contributed by atoms with Crippen molar-refractivity contribution in [3.05, 3.63) is 12.4 Å². The quantitative estimate of drug-likeness (QED) is 0.539. The lowest BCUT2D eigenvalue weighted by Crippen LogP contribution is -2.14. The zero-order valence-electron chi connectivity index (χ0n) is 11.7. The van der Waals surface area contributed by atoms with Crippen molar-refractivity contribution >= 4 is 17.6 Å². The number of esters is 2. The Hall–Kier alpha value is -2.05. The van der Waals surface area contributed by atoms with Crippen molar-refractivity contribution in [2.24, 2.45) is 0 Å². The number of carbonyl (C=O) groups is 2. The van der Waals surface area contributed by atoms with E-state index in [0.717, 1.165) is 19.3 Å². The molecule has 0 saturated carbocycles. The third-order valence-corrected chi connectivity index (χ3v) is 2.54. The first-order valence-corrected chi connectivity index (χ1v) is 6.71. The summed E-state index contributed by atoms with van der Waals surface area (Å²) in [7, 11) is 0. The Morgan fingerprint density at radius 3 is 2.70 bits per heavy atom. The van der Waals surface area contributed by atoms with E-state index in [1.807, 2.05) is 0 Å². The van der Waals surface area contributed by atoms with Gasteiger partial charge in [0, 0.05) is 12.6 Å². The second-order valence-corrected chi connectivity index (χ2v) is 4.31. The van der Waals surface area contributed by atoms with E-state index in [9.17, 15) is 9.59 Å². The van der Waals surface area contributed by atoms with E-state index in [0.29, 0.717) is 25.3 Å². The largest absolute Gasteiger partial charge is 0.466 e. The highest BCUT2D eigenvalue weighted by molar-refractivity contribution is 5.69. The number of ether oxygens (including phenoxy) is 2. The van der Waals surface area contributed by atoms with E-state index in [-0.39, 0.29) is 18.5 Å². The van der Waals surface area contributed by atoms with E-state index < -0.39 is 0 Å². The number of aromatic nitrogens is 2. The summed E-state index contributed by atoms with van der Waals surface area (Å²) in [5, 5.41) is 3.89. The van der Waals surface area contributed by atoms with Crippen LogP contribution in [0.2, 0.25) is 0 Å². The summed E-state index contributed by atoms with van der Waals surface area (Å²) in [6.45, 7) is 2.59. The van der Waals surface area contributed by atoms with Crippen LogP contribution >= 0.6 is 0 Å². The van der Waals surface area contributed by atoms with Gasteiger partial charge in [0.15, 0.2) is 0 Å². The van der Waals surface area contributed by atoms with E-state index in [1.165, 1.54) is 10.9 Å². The van der Waals surface area contributed by atoms with E-state index >= 15 is 0 Å². The van der Waals surface area contributed by atoms with E-state index in [2.05, 4.69) is 5.10 Å². The number of hydrogen-bond donors (Lipinski definition) is 1. The van der Waals surface area contributed by atoms with Crippen LogP contribution in [0.4, 0.5) is 5.69 Å². The second kappa shape index (κ2) is 8.95. The molecule has 2 N–H and O–H groups in total. The van der Waals surface area contributed by atoms with E-state index in [1.54, 1.807) is 13.1 Å². The fourth-order valence-electron chi connectivity index (χ4n) is 1.61. The van der Waals surface area contributed by atoms with Crippen molar-refractivity contribution in [2.45, 2.75) is 39.2 Å². The van der Waals surface area contributed by atoms with Gasteiger partial charge >= 0.3 is 11.9 Å². The average Bonchev–Trinajstić information content (AvgIpc) is 2.79. The van der Waals surface area contributed by atoms with Crippen molar-refractivity contribution in [1.29, 1.82) is 0 Å². The third kappa shape index (κ3) is 6.77. The molecule has 1 aromatic heterocycles. The number of unbranched alkanes of at least 4 members (excludes halogenated alkanes) is 2. The Balaban J connectivity index is 2.01. The van der Waals surface area contributed by atoms with Gasteiger partial charge in [0.25, 0.3) is 0 Å². The van der Waals surface area contributed by atoms with Gasteiger partial charge in [-0.1, -0.05) is 0 Å². The van der Waals surface area contributed by atoms with Crippen molar-refractivity contribution in [1.82, 2.24) is 9.78 Å². The molecule has 112 valence electrons. The van der Waals surface area contributed by atoms with Crippen LogP contribution in [0.15, 0.2) is 12.4 Å². The van der Waals surface area contributed by atoms with Gasteiger partial charge in [0.2, 0.25) is 0 Å². The molecule has 0 atom stereocenters. The van der Waals surface area contributed by atoms with Crippen LogP contribution in [0.25, 0.3) is 0 Å². The lowest BCUT2D eigenvalue weighted by molar-refractivity contribution is -0.145. The highest BCUT2D eigenvalue weighted by Gasteiger charge is 2.05. The zero-order chi connectivity index (χ0) is 14.8. The molecule has 0 saturated heterocycles. The van der Waals surface area contributed by atoms with Crippen molar-refractivity contribution in [3.63, 3.8) is 0 Å². The molecule has 7 heteroatoms. The number of nitrogens with zero attached hydrogens (tertiary/aromatic N) is 2. The summed E-state index contributed by atoms with van der Waals surface area (Å²) in [4.78, 5) is 22.5. The molecule has 0 spiro atoms. The molecular weight excluding hydrogens is 262 g/mol. The highest BCUT2D eigenvalue weighted by Crippen LogP contribution is 2.03. The maximum atomic E-state index is 11.4. The lowest BCUT2D eigenvalue weighted by atomic mass is 10.2. The van der Waals surface area contributed by atoms with Gasteiger partial charge in [0.1, 0.15) is 6.54 Å². The minimum absolute atomic E-state index is 0.0556. The van der Waals surface area contributed by atoms with Gasteiger partial charge in [-0.05, 0) is 26.2 Å². The van der Waals surface area contributed by atoms with Crippen LogP contribution in [0.3, 0.4) is 0 Å². The van der Waals surface area contributed by atoms with Gasteiger partial charge in [0.05, 0.1) is 25.1 Å². The molecule has 0 radical (unpaired) electrons. The molecule has 1 heterocycles. The van der Waals surface area contributed by atoms with Crippen LogP contribution in [-0.2, 0) is 25.6 Å². The molecule has 20 heavy (non-hydrogen) atoms. The SMILES string of the molecule is CCOC(=O)CCCCCOC(=O)Cn1cc(N)cn1. The van der Waals surface area contributed by atoms with Crippen LogP contribution in [0.1, 0.15) is 32.6 Å². The first-order valence-electron chi connectivity index (χ1n) is 6.71. The number of nitrogens with two attached hydrogens (primary N) is 1. The lowest BCUT2D eigenvalue weighted by Gasteiger charge is -2.05. The molecular formula is C13H21N3O4. The number of hydrogen-bond acceptors (Lipinski definition) is 6. The zero-order valence-corrected chi connectivity index (χ0v) is 11.7. The number of anilines is 1. The first kappa shape index (κ1) is 16.0. The summed E-state index contributed by atoms with van der Waals surface area (Å²) in [5.74, 6) is -0.528. The monoisotopic (exact) mass is 283 g/mol. The molecule has 0 unspecified atom stereocenters. The van der Waals surface area contributed by atoms with Gasteiger partial charge in [-0.15, -0.1) is 0 Å². The van der Waals surface area contributed by atoms with Gasteiger partial charge < -0.3 is 15.2 Å². The normalized spacial score (nSPS) is 10.2. The smallest absolute Gasteiger partial charge is 0.327 e. The summed E-state index contributed by atoms with van der Waals surface area (Å²) in [5.41, 5.74) is 5.99. The Morgan fingerprint density at radius 2 is 2.05 bits per heavy atom. The topological polar surface area (TPSA) is 96.4 Å². The summed E-state index contributed by atoms with van der Waals surface area (Å²) < 4.78 is 11.3. The first-order chi connectivity index (χ1) is 9.61. The minimum atomic E-state index is -0.349. The summed E-state index contributed by atoms with van der Waals surface area (Å²) in [6, 6.07) is 0. The standard InChI is InChI=1S/C13H21N3O4/c1-2-19-12(17)6-4-3-5-7-20-13(18)10-16-9-11(14)8-15-16/h8-9H,2-7,10,14H2,1H3.